The van der Waals surface area contributed by atoms with Crippen LogP contribution in [0.1, 0.15) is 42.3 Å². The van der Waals surface area contributed by atoms with Crippen LogP contribution in [0.2, 0.25) is 0 Å². The Kier molecular flexibility index (Phi) is 8.40. The van der Waals surface area contributed by atoms with Crippen molar-refractivity contribution in [1.82, 2.24) is 0 Å². The van der Waals surface area contributed by atoms with Crippen molar-refractivity contribution in [2.24, 2.45) is 0 Å². The van der Waals surface area contributed by atoms with E-state index in [9.17, 15) is 18.0 Å². The minimum absolute atomic E-state index is 0.0292. The summed E-state index contributed by atoms with van der Waals surface area (Å²) in [6.07, 6.45) is 0. The molecule has 0 aliphatic heterocycles. The lowest BCUT2D eigenvalue weighted by molar-refractivity contribution is -0.114. The quantitative estimate of drug-likeness (QED) is 0.253. The number of carbonyl (C=O) groups is 2. The van der Waals surface area contributed by atoms with Crippen molar-refractivity contribution < 1.29 is 22.7 Å². The largest absolute Gasteiger partial charge is 0.497 e. The predicted molar refractivity (Wildman–Crippen MR) is 158 cm³/mol. The summed E-state index contributed by atoms with van der Waals surface area (Å²) in [6, 6.07) is 28.5. The van der Waals surface area contributed by atoms with E-state index >= 15 is 0 Å². The minimum Gasteiger partial charge on any atom is -0.497 e. The van der Waals surface area contributed by atoms with E-state index in [-0.39, 0.29) is 21.8 Å². The molecule has 0 aliphatic carbocycles. The third-order valence-electron chi connectivity index (χ3n) is 6.38. The molecule has 1 amide bonds. The summed E-state index contributed by atoms with van der Waals surface area (Å²) in [5, 5.41) is 2.74. The monoisotopic (exact) mass is 556 g/mol. The Bertz CT molecular complexity index is 1610. The molecule has 1 N–H and O–H groups in total. The number of amides is 1. The van der Waals surface area contributed by atoms with Crippen LogP contribution in [-0.4, -0.2) is 33.8 Å². The second-order valence-corrected chi connectivity index (χ2v) is 12.2. The van der Waals surface area contributed by atoms with Gasteiger partial charge in [0.25, 0.3) is 10.0 Å². The number of hydrogen-bond donors (Lipinski definition) is 1. The van der Waals surface area contributed by atoms with E-state index < -0.39 is 22.5 Å². The van der Waals surface area contributed by atoms with Gasteiger partial charge in [0, 0.05) is 22.9 Å². The minimum atomic E-state index is -4.08. The Morgan fingerprint density at radius 3 is 2.12 bits per heavy atom. The van der Waals surface area contributed by atoms with Gasteiger partial charge < -0.3 is 10.1 Å². The van der Waals surface area contributed by atoms with Crippen molar-refractivity contribution in [2.75, 3.05) is 23.3 Å². The molecule has 0 unspecified atom stereocenters. The lowest BCUT2D eigenvalue weighted by atomic mass is 9.86. The average Bonchev–Trinajstić information content (AvgIpc) is 2.95. The molecule has 40 heavy (non-hydrogen) atoms. The summed E-state index contributed by atoms with van der Waals surface area (Å²) in [5.74, 6) is -0.296. The van der Waals surface area contributed by atoms with Crippen LogP contribution in [0, 0.1) is 0 Å². The first-order valence-electron chi connectivity index (χ1n) is 12.8. The molecular weight excluding hydrogens is 524 g/mol. The number of anilines is 2. The molecule has 206 valence electrons. The van der Waals surface area contributed by atoms with Crippen molar-refractivity contribution in [3.8, 4) is 5.75 Å². The molecule has 0 atom stereocenters. The van der Waals surface area contributed by atoms with Crippen molar-refractivity contribution in [3.05, 3.63) is 120 Å². The standard InChI is InChI=1S/C32H32N2O5S/c1-32(2,3)25-18-16-23(17-19-25)31(36)24-10-8-11-26(20-24)33-30(35)22-34(27-12-9-13-28(21-27)39-4)40(37,38)29-14-6-5-7-15-29/h5-21H,22H2,1-4H3,(H,33,35). The van der Waals surface area contributed by atoms with Gasteiger partial charge >= 0.3 is 0 Å². The molecule has 4 aromatic carbocycles. The molecular formula is C32H32N2O5S. The Morgan fingerprint density at radius 1 is 0.800 bits per heavy atom. The average molecular weight is 557 g/mol. The van der Waals surface area contributed by atoms with Crippen molar-refractivity contribution in [1.29, 1.82) is 0 Å². The molecule has 0 bridgehead atoms. The SMILES string of the molecule is COc1cccc(N(CC(=O)Nc2cccc(C(=O)c3ccc(C(C)(C)C)cc3)c2)S(=O)(=O)c2ccccc2)c1. The molecule has 0 spiro atoms. The van der Waals surface area contributed by atoms with E-state index in [2.05, 4.69) is 26.1 Å². The highest BCUT2D eigenvalue weighted by Crippen LogP contribution is 2.27. The van der Waals surface area contributed by atoms with E-state index in [1.54, 1.807) is 78.9 Å². The zero-order valence-electron chi connectivity index (χ0n) is 22.9. The molecule has 0 saturated carbocycles. The van der Waals surface area contributed by atoms with Gasteiger partial charge in [0.15, 0.2) is 5.78 Å². The normalized spacial score (nSPS) is 11.5. The van der Waals surface area contributed by atoms with Crippen LogP contribution in [0.4, 0.5) is 11.4 Å². The number of benzene rings is 4. The maximum atomic E-state index is 13.6. The third-order valence-corrected chi connectivity index (χ3v) is 8.17. The number of nitrogens with zero attached hydrogens (tertiary/aromatic N) is 1. The highest BCUT2D eigenvalue weighted by molar-refractivity contribution is 7.92. The molecule has 0 radical (unpaired) electrons. The molecule has 8 heteroatoms. The third kappa shape index (κ3) is 6.58. The zero-order valence-corrected chi connectivity index (χ0v) is 23.7. The summed E-state index contributed by atoms with van der Waals surface area (Å²) in [7, 11) is -2.59. The summed E-state index contributed by atoms with van der Waals surface area (Å²) >= 11 is 0. The molecule has 0 fully saturated rings. The van der Waals surface area contributed by atoms with E-state index in [4.69, 9.17) is 4.74 Å². The van der Waals surface area contributed by atoms with E-state index in [1.807, 2.05) is 12.1 Å². The number of ketones is 1. The van der Waals surface area contributed by atoms with Crippen LogP contribution in [-0.2, 0) is 20.2 Å². The van der Waals surface area contributed by atoms with Crippen molar-refractivity contribution in [3.63, 3.8) is 0 Å². The smallest absolute Gasteiger partial charge is 0.264 e. The molecule has 4 aromatic rings. The second kappa shape index (κ2) is 11.8. The number of hydrogen-bond acceptors (Lipinski definition) is 5. The summed E-state index contributed by atoms with van der Waals surface area (Å²) in [6.45, 7) is 5.83. The summed E-state index contributed by atoms with van der Waals surface area (Å²) in [5.41, 5.74) is 2.69. The molecule has 0 aliphatic rings. The highest BCUT2D eigenvalue weighted by atomic mass is 32.2. The van der Waals surface area contributed by atoms with E-state index in [0.29, 0.717) is 22.6 Å². The Morgan fingerprint density at radius 2 is 1.48 bits per heavy atom. The fraction of sp³-hybridized carbons (Fsp3) is 0.188. The fourth-order valence-corrected chi connectivity index (χ4v) is 5.59. The van der Waals surface area contributed by atoms with Gasteiger partial charge in [0.2, 0.25) is 5.91 Å². The number of ether oxygens (including phenoxy) is 1. The van der Waals surface area contributed by atoms with Gasteiger partial charge in [0.1, 0.15) is 12.3 Å². The Balaban J connectivity index is 1.57. The lowest BCUT2D eigenvalue weighted by Crippen LogP contribution is -2.38. The van der Waals surface area contributed by atoms with Crippen LogP contribution >= 0.6 is 0 Å². The fourth-order valence-electron chi connectivity index (χ4n) is 4.16. The van der Waals surface area contributed by atoms with Crippen LogP contribution in [0.5, 0.6) is 5.75 Å². The molecule has 7 nitrogen and oxygen atoms in total. The van der Waals surface area contributed by atoms with Gasteiger partial charge in [-0.2, -0.15) is 0 Å². The number of sulfonamides is 1. The lowest BCUT2D eigenvalue weighted by Gasteiger charge is -2.24. The first kappa shape index (κ1) is 28.6. The predicted octanol–water partition coefficient (Wildman–Crippen LogP) is 6.06. The Labute approximate surface area is 235 Å². The van der Waals surface area contributed by atoms with Gasteiger partial charge in [-0.1, -0.05) is 81.4 Å². The van der Waals surface area contributed by atoms with E-state index in [0.717, 1.165) is 9.87 Å². The van der Waals surface area contributed by atoms with Gasteiger partial charge in [-0.3, -0.25) is 13.9 Å². The van der Waals surface area contributed by atoms with Gasteiger partial charge in [-0.25, -0.2) is 8.42 Å². The molecule has 0 aromatic heterocycles. The van der Waals surface area contributed by atoms with Crippen molar-refractivity contribution >= 4 is 33.1 Å². The van der Waals surface area contributed by atoms with E-state index in [1.165, 1.54) is 19.2 Å². The van der Waals surface area contributed by atoms with Gasteiger partial charge in [-0.05, 0) is 47.4 Å². The number of methoxy groups -OCH3 is 1. The molecule has 0 heterocycles. The zero-order chi connectivity index (χ0) is 28.9. The first-order chi connectivity index (χ1) is 19.0. The van der Waals surface area contributed by atoms with Crippen LogP contribution in [0.15, 0.2) is 108 Å². The number of nitrogens with one attached hydrogen (secondary N) is 1. The molecule has 4 rings (SSSR count). The van der Waals surface area contributed by atoms with Gasteiger partial charge in [-0.15, -0.1) is 0 Å². The maximum Gasteiger partial charge on any atom is 0.264 e. The number of rotatable bonds is 9. The molecule has 0 saturated heterocycles. The van der Waals surface area contributed by atoms with Crippen LogP contribution in [0.3, 0.4) is 0 Å². The first-order valence-corrected chi connectivity index (χ1v) is 14.2. The van der Waals surface area contributed by atoms with Crippen molar-refractivity contribution in [2.45, 2.75) is 31.1 Å². The highest BCUT2D eigenvalue weighted by Gasteiger charge is 2.27. The summed E-state index contributed by atoms with van der Waals surface area (Å²) < 4.78 is 33.4. The number of carbonyl (C=O) groups excluding carboxylic acids is 2. The van der Waals surface area contributed by atoms with Crippen LogP contribution in [0.25, 0.3) is 0 Å². The van der Waals surface area contributed by atoms with Gasteiger partial charge in [0.05, 0.1) is 17.7 Å². The topological polar surface area (TPSA) is 92.8 Å². The second-order valence-electron chi connectivity index (χ2n) is 10.3. The van der Waals surface area contributed by atoms with Crippen LogP contribution < -0.4 is 14.4 Å². The maximum absolute atomic E-state index is 13.6. The summed E-state index contributed by atoms with van der Waals surface area (Å²) in [4.78, 5) is 26.4. The Hall–Kier alpha value is -4.43.